The van der Waals surface area contributed by atoms with E-state index < -0.39 is 17.8 Å². The lowest BCUT2D eigenvalue weighted by Gasteiger charge is -2.26. The van der Waals surface area contributed by atoms with Crippen LogP contribution in [0.3, 0.4) is 0 Å². The van der Waals surface area contributed by atoms with E-state index >= 15 is 0 Å². The molecule has 1 aliphatic heterocycles. The first-order valence-electron chi connectivity index (χ1n) is 18.0. The molecule has 2 amide bonds. The summed E-state index contributed by atoms with van der Waals surface area (Å²) in [5.41, 5.74) is 3.68. The number of rotatable bonds is 25. The fourth-order valence-electron chi connectivity index (χ4n) is 5.72. The van der Waals surface area contributed by atoms with E-state index in [1.165, 1.54) is 83.5 Å². The maximum atomic E-state index is 13.4. The molecule has 1 N–H and O–H groups in total. The number of imide groups is 1. The summed E-state index contributed by atoms with van der Waals surface area (Å²) in [5.74, 6) is -1.57. The Hall–Kier alpha value is -3.47. The van der Waals surface area contributed by atoms with E-state index in [0.29, 0.717) is 24.3 Å². The van der Waals surface area contributed by atoms with Crippen molar-refractivity contribution in [3.05, 3.63) is 41.0 Å². The van der Waals surface area contributed by atoms with E-state index in [1.54, 1.807) is 31.2 Å². The van der Waals surface area contributed by atoms with Gasteiger partial charge in [-0.1, -0.05) is 142 Å². The molecule has 0 saturated carbocycles. The van der Waals surface area contributed by atoms with Gasteiger partial charge in [0.25, 0.3) is 11.8 Å². The van der Waals surface area contributed by atoms with Crippen molar-refractivity contribution in [2.45, 2.75) is 149 Å². The lowest BCUT2D eigenvalue weighted by Crippen LogP contribution is -2.47. The molecular formula is C38H58N4O4. The van der Waals surface area contributed by atoms with E-state index in [2.05, 4.69) is 24.4 Å². The van der Waals surface area contributed by atoms with Gasteiger partial charge in [-0.25, -0.2) is 4.79 Å². The first-order valence-corrected chi connectivity index (χ1v) is 18.0. The van der Waals surface area contributed by atoms with Crippen molar-refractivity contribution in [3.8, 4) is 6.07 Å². The highest BCUT2D eigenvalue weighted by molar-refractivity contribution is 6.50. The average molecular weight is 635 g/mol. The Morgan fingerprint density at radius 2 is 1.26 bits per heavy atom. The van der Waals surface area contributed by atoms with Crippen molar-refractivity contribution in [2.75, 3.05) is 18.6 Å². The van der Waals surface area contributed by atoms with Crippen LogP contribution >= 0.6 is 0 Å². The van der Waals surface area contributed by atoms with Crippen LogP contribution in [0, 0.1) is 11.3 Å². The number of nitrogens with one attached hydrogen (secondary N) is 1. The molecule has 0 spiro atoms. The molecule has 8 nitrogen and oxygen atoms in total. The van der Waals surface area contributed by atoms with Crippen LogP contribution < -0.4 is 5.43 Å². The van der Waals surface area contributed by atoms with Crippen LogP contribution in [-0.2, 0) is 14.3 Å². The third-order valence-corrected chi connectivity index (χ3v) is 8.65. The zero-order valence-electron chi connectivity index (χ0n) is 28.8. The molecule has 1 aliphatic rings. The van der Waals surface area contributed by atoms with Gasteiger partial charge in [0.1, 0.15) is 11.6 Å². The molecule has 1 aromatic carbocycles. The van der Waals surface area contributed by atoms with Crippen LogP contribution in [0.15, 0.2) is 40.5 Å². The molecule has 0 aliphatic carbocycles. The summed E-state index contributed by atoms with van der Waals surface area (Å²) in [7, 11) is 0. The lowest BCUT2D eigenvalue weighted by atomic mass is 9.98. The lowest BCUT2D eigenvalue weighted by molar-refractivity contribution is -0.138. The third-order valence-electron chi connectivity index (χ3n) is 8.65. The van der Waals surface area contributed by atoms with E-state index in [-0.39, 0.29) is 23.4 Å². The van der Waals surface area contributed by atoms with Gasteiger partial charge in [-0.05, 0) is 31.9 Å². The highest BCUT2D eigenvalue weighted by Gasteiger charge is 2.36. The Kier molecular flexibility index (Phi) is 20.0. The van der Waals surface area contributed by atoms with E-state index in [0.717, 1.165) is 43.4 Å². The maximum absolute atomic E-state index is 13.4. The molecule has 254 valence electrons. The van der Waals surface area contributed by atoms with Gasteiger partial charge < -0.3 is 4.74 Å². The second-order valence-electron chi connectivity index (χ2n) is 12.5. The average Bonchev–Trinajstić information content (AvgIpc) is 3.06. The molecule has 0 aromatic heterocycles. The summed E-state index contributed by atoms with van der Waals surface area (Å²) in [6, 6.07) is 8.80. The molecule has 8 heteroatoms. The number of carbonyl (C=O) groups excluding carboxylic acids is 3. The normalized spacial score (nSPS) is 14.2. The van der Waals surface area contributed by atoms with Crippen LogP contribution in [0.5, 0.6) is 0 Å². The molecule has 2 rings (SSSR count). The summed E-state index contributed by atoms with van der Waals surface area (Å²) >= 11 is 0. The maximum Gasteiger partial charge on any atom is 0.340 e. The largest absolute Gasteiger partial charge is 0.462 e. The van der Waals surface area contributed by atoms with Crippen molar-refractivity contribution >= 4 is 29.2 Å². The van der Waals surface area contributed by atoms with Gasteiger partial charge in [0.05, 0.1) is 17.9 Å². The van der Waals surface area contributed by atoms with Crippen LogP contribution in [0.2, 0.25) is 0 Å². The molecule has 0 fully saturated rings. The number of anilines is 1. The number of para-hydroxylation sites is 1. The van der Waals surface area contributed by atoms with Crippen LogP contribution in [-0.4, -0.2) is 41.5 Å². The second kappa shape index (κ2) is 23.8. The van der Waals surface area contributed by atoms with Crippen molar-refractivity contribution in [3.63, 3.8) is 0 Å². The molecule has 1 aromatic rings. The van der Waals surface area contributed by atoms with E-state index in [4.69, 9.17) is 4.74 Å². The molecular weight excluding hydrogens is 576 g/mol. The van der Waals surface area contributed by atoms with Gasteiger partial charge in [-0.15, -0.1) is 0 Å². The number of amides is 2. The summed E-state index contributed by atoms with van der Waals surface area (Å²) < 4.78 is 5.54. The van der Waals surface area contributed by atoms with E-state index in [1.807, 2.05) is 6.07 Å². The summed E-state index contributed by atoms with van der Waals surface area (Å²) in [6.45, 7) is 6.60. The Morgan fingerprint density at radius 1 is 0.761 bits per heavy atom. The first kappa shape index (κ1) is 38.7. The molecule has 0 radical (unpaired) electrons. The standard InChI is InChI=1S/C38H58N4O4/c1-4-6-8-10-12-14-16-18-20-24-28-42-36(43)33(30-39)31(3)35(37(42)44)41-40-34-27-23-22-26-32(34)38(45)46-29-25-21-19-17-15-13-11-9-7-5-2/h22-23,26-27,40H,4-21,24-25,28-29H2,1-3H3/b41-35-. The number of ether oxygens (including phenoxy) is 1. The van der Waals surface area contributed by atoms with Gasteiger partial charge in [-0.3, -0.25) is 19.9 Å². The second-order valence-corrected chi connectivity index (χ2v) is 12.5. The van der Waals surface area contributed by atoms with Gasteiger partial charge in [0.15, 0.2) is 5.71 Å². The summed E-state index contributed by atoms with van der Waals surface area (Å²) in [6.07, 6.45) is 23.4. The SMILES string of the molecule is CCCCCCCCCCCCOC(=O)c1ccccc1N/N=C1\C(=O)N(CCCCCCCCCCCC)C(=O)C(C#N)=C1C. The summed E-state index contributed by atoms with van der Waals surface area (Å²) in [5, 5.41) is 14.0. The highest BCUT2D eigenvalue weighted by Crippen LogP contribution is 2.22. The van der Waals surface area contributed by atoms with Crippen LogP contribution in [0.1, 0.15) is 160 Å². The number of esters is 1. The number of hydrogen-bond donors (Lipinski definition) is 1. The predicted molar refractivity (Wildman–Crippen MR) is 187 cm³/mol. The van der Waals surface area contributed by atoms with Crippen LogP contribution in [0.25, 0.3) is 0 Å². The van der Waals surface area contributed by atoms with Gasteiger partial charge in [0.2, 0.25) is 0 Å². The fourth-order valence-corrected chi connectivity index (χ4v) is 5.72. The number of hydrazone groups is 1. The Bertz CT molecular complexity index is 1180. The minimum Gasteiger partial charge on any atom is -0.462 e. The molecule has 1 heterocycles. The van der Waals surface area contributed by atoms with Crippen molar-refractivity contribution in [2.24, 2.45) is 5.10 Å². The molecule has 46 heavy (non-hydrogen) atoms. The van der Waals surface area contributed by atoms with Crippen molar-refractivity contribution in [1.82, 2.24) is 4.90 Å². The third kappa shape index (κ3) is 13.9. The Balaban J connectivity index is 1.88. The van der Waals surface area contributed by atoms with E-state index in [9.17, 15) is 19.6 Å². The number of nitriles is 1. The Morgan fingerprint density at radius 3 is 1.80 bits per heavy atom. The molecule has 0 bridgehead atoms. The quantitative estimate of drug-likeness (QED) is 0.0496. The fraction of sp³-hybridized carbons (Fsp3) is 0.658. The minimum absolute atomic E-state index is 0.00300. The first-order chi connectivity index (χ1) is 22.5. The van der Waals surface area contributed by atoms with Crippen molar-refractivity contribution in [1.29, 1.82) is 5.26 Å². The van der Waals surface area contributed by atoms with Crippen molar-refractivity contribution < 1.29 is 19.1 Å². The van der Waals surface area contributed by atoms with Crippen LogP contribution in [0.4, 0.5) is 5.69 Å². The van der Waals surface area contributed by atoms with Gasteiger partial charge >= 0.3 is 5.97 Å². The Labute approximate surface area is 278 Å². The highest BCUT2D eigenvalue weighted by atomic mass is 16.5. The number of nitrogens with zero attached hydrogens (tertiary/aromatic N) is 3. The summed E-state index contributed by atoms with van der Waals surface area (Å²) in [4.78, 5) is 40.3. The smallest absolute Gasteiger partial charge is 0.340 e. The minimum atomic E-state index is -0.573. The number of hydrogen-bond acceptors (Lipinski definition) is 7. The topological polar surface area (TPSA) is 112 Å². The molecule has 0 saturated heterocycles. The molecule has 0 atom stereocenters. The zero-order valence-corrected chi connectivity index (χ0v) is 28.8. The predicted octanol–water partition coefficient (Wildman–Crippen LogP) is 9.66. The molecule has 0 unspecified atom stereocenters. The zero-order chi connectivity index (χ0) is 33.4. The monoisotopic (exact) mass is 634 g/mol. The number of carbonyl (C=O) groups is 3. The van der Waals surface area contributed by atoms with Gasteiger partial charge in [-0.2, -0.15) is 10.4 Å². The number of benzene rings is 1. The number of unbranched alkanes of at least 4 members (excludes halogenated alkanes) is 18. The van der Waals surface area contributed by atoms with Gasteiger partial charge in [0, 0.05) is 12.1 Å².